The molecule has 25 heavy (non-hydrogen) atoms. The Balaban J connectivity index is 1.53. The Labute approximate surface area is 164 Å². The van der Waals surface area contributed by atoms with E-state index in [-0.39, 0.29) is 0 Å². The number of thioether (sulfide) groups is 2. The third-order valence-electron chi connectivity index (χ3n) is 3.78. The first-order valence-corrected chi connectivity index (χ1v) is 10.3. The fourth-order valence-corrected chi connectivity index (χ4v) is 5.26. The lowest BCUT2D eigenvalue weighted by Gasteiger charge is -2.08. The number of rotatable bonds is 4. The SMILES string of the molecule is Clc1c(SCSc2cnc3ccccc3c2Cl)cnc2ccccc12. The van der Waals surface area contributed by atoms with Gasteiger partial charge in [0.15, 0.2) is 0 Å². The summed E-state index contributed by atoms with van der Waals surface area (Å²) in [7, 11) is 0. The molecule has 0 aliphatic heterocycles. The van der Waals surface area contributed by atoms with E-state index in [1.807, 2.05) is 60.9 Å². The van der Waals surface area contributed by atoms with Crippen LogP contribution in [0.5, 0.6) is 0 Å². The first-order valence-electron chi connectivity index (χ1n) is 7.56. The standard InChI is InChI=1S/C19H12Cl2N2S2/c20-18-12-5-1-3-7-14(12)22-9-16(18)24-11-25-17-10-23-15-8-4-2-6-13(15)19(17)21/h1-10H,11H2. The monoisotopic (exact) mass is 402 g/mol. The lowest BCUT2D eigenvalue weighted by molar-refractivity contribution is 1.30. The maximum atomic E-state index is 6.52. The molecule has 0 unspecified atom stereocenters. The largest absolute Gasteiger partial charge is 0.255 e. The first kappa shape index (κ1) is 17.0. The predicted molar refractivity (Wildman–Crippen MR) is 110 cm³/mol. The molecule has 6 heteroatoms. The predicted octanol–water partition coefficient (Wildman–Crippen LogP) is 6.93. The molecule has 0 radical (unpaired) electrons. The highest BCUT2D eigenvalue weighted by atomic mass is 35.5. The van der Waals surface area contributed by atoms with Crippen molar-refractivity contribution >= 4 is 68.5 Å². The Kier molecular flexibility index (Phi) is 5.04. The molecule has 0 aliphatic carbocycles. The van der Waals surface area contributed by atoms with Crippen LogP contribution in [0.25, 0.3) is 21.8 Å². The molecule has 2 heterocycles. The summed E-state index contributed by atoms with van der Waals surface area (Å²) >= 11 is 16.4. The summed E-state index contributed by atoms with van der Waals surface area (Å²) in [4.78, 5) is 10.9. The van der Waals surface area contributed by atoms with Gasteiger partial charge in [0.1, 0.15) is 0 Å². The molecular formula is C19H12Cl2N2S2. The number of pyridine rings is 2. The first-order chi connectivity index (χ1) is 12.2. The average Bonchev–Trinajstić information content (AvgIpc) is 2.66. The molecule has 4 rings (SSSR count). The molecule has 2 aromatic heterocycles. The summed E-state index contributed by atoms with van der Waals surface area (Å²) < 4.78 is 0. The van der Waals surface area contributed by atoms with Crippen molar-refractivity contribution in [1.29, 1.82) is 0 Å². The van der Waals surface area contributed by atoms with Gasteiger partial charge < -0.3 is 0 Å². The number of halogens is 2. The van der Waals surface area contributed by atoms with Crippen molar-refractivity contribution in [1.82, 2.24) is 9.97 Å². The van der Waals surface area contributed by atoms with Gasteiger partial charge >= 0.3 is 0 Å². The smallest absolute Gasteiger partial charge is 0.0717 e. The minimum atomic E-state index is 0.749. The van der Waals surface area contributed by atoms with Crippen molar-refractivity contribution in [2.75, 3.05) is 5.08 Å². The Morgan fingerprint density at radius 1 is 0.680 bits per heavy atom. The molecule has 4 aromatic rings. The Morgan fingerprint density at radius 2 is 1.12 bits per heavy atom. The second-order valence-corrected chi connectivity index (χ2v) is 8.47. The van der Waals surface area contributed by atoms with Gasteiger partial charge in [0, 0.05) is 38.0 Å². The fraction of sp³-hybridized carbons (Fsp3) is 0.0526. The van der Waals surface area contributed by atoms with E-state index in [2.05, 4.69) is 9.97 Å². The van der Waals surface area contributed by atoms with E-state index in [9.17, 15) is 0 Å². The van der Waals surface area contributed by atoms with Crippen LogP contribution in [0.15, 0.2) is 70.7 Å². The van der Waals surface area contributed by atoms with Gasteiger partial charge in [0.25, 0.3) is 0 Å². The van der Waals surface area contributed by atoms with Crippen LogP contribution in [0.2, 0.25) is 10.0 Å². The molecule has 0 bridgehead atoms. The second-order valence-electron chi connectivity index (χ2n) is 5.31. The van der Waals surface area contributed by atoms with Crippen molar-refractivity contribution < 1.29 is 0 Å². The van der Waals surface area contributed by atoms with Crippen LogP contribution in [0.1, 0.15) is 0 Å². The van der Waals surface area contributed by atoms with E-state index >= 15 is 0 Å². The molecule has 0 atom stereocenters. The van der Waals surface area contributed by atoms with Crippen LogP contribution in [-0.4, -0.2) is 15.1 Å². The van der Waals surface area contributed by atoms with Crippen LogP contribution in [0, 0.1) is 0 Å². The highest BCUT2D eigenvalue weighted by molar-refractivity contribution is 8.16. The number of nitrogens with zero attached hydrogens (tertiary/aromatic N) is 2. The normalized spacial score (nSPS) is 11.3. The van der Waals surface area contributed by atoms with Crippen molar-refractivity contribution in [3.8, 4) is 0 Å². The minimum Gasteiger partial charge on any atom is -0.255 e. The molecule has 0 spiro atoms. The zero-order valence-corrected chi connectivity index (χ0v) is 16.1. The van der Waals surface area contributed by atoms with Crippen LogP contribution in [0.4, 0.5) is 0 Å². The lowest BCUT2D eigenvalue weighted by atomic mass is 10.2. The Morgan fingerprint density at radius 3 is 1.60 bits per heavy atom. The summed E-state index contributed by atoms with van der Waals surface area (Å²) in [6, 6.07) is 15.8. The zero-order chi connectivity index (χ0) is 17.2. The van der Waals surface area contributed by atoms with E-state index in [1.54, 1.807) is 23.5 Å². The summed E-state index contributed by atoms with van der Waals surface area (Å²) in [5, 5.41) is 4.23. The van der Waals surface area contributed by atoms with E-state index < -0.39 is 0 Å². The topological polar surface area (TPSA) is 25.8 Å². The molecule has 0 fully saturated rings. The van der Waals surface area contributed by atoms with Gasteiger partial charge in [0.05, 0.1) is 21.1 Å². The summed E-state index contributed by atoms with van der Waals surface area (Å²) in [6.07, 6.45) is 3.66. The van der Waals surface area contributed by atoms with E-state index in [1.165, 1.54) is 0 Å². The molecule has 0 aliphatic rings. The van der Waals surface area contributed by atoms with Crippen molar-refractivity contribution in [3.63, 3.8) is 0 Å². The number of fused-ring (bicyclic) bond motifs is 2. The zero-order valence-electron chi connectivity index (χ0n) is 12.9. The lowest BCUT2D eigenvalue weighted by Crippen LogP contribution is -1.86. The van der Waals surface area contributed by atoms with E-state index in [4.69, 9.17) is 23.2 Å². The summed E-state index contributed by atoms with van der Waals surface area (Å²) in [5.41, 5.74) is 1.82. The maximum absolute atomic E-state index is 6.52. The number of benzene rings is 2. The minimum absolute atomic E-state index is 0.749. The number of para-hydroxylation sites is 2. The molecule has 2 aromatic carbocycles. The summed E-state index contributed by atoms with van der Waals surface area (Å²) in [5.74, 6) is 0. The third-order valence-corrected chi connectivity index (χ3v) is 7.01. The van der Waals surface area contributed by atoms with E-state index in [0.717, 1.165) is 46.7 Å². The van der Waals surface area contributed by atoms with Gasteiger partial charge in [-0.25, -0.2) is 0 Å². The van der Waals surface area contributed by atoms with E-state index in [0.29, 0.717) is 0 Å². The number of hydrogen-bond donors (Lipinski definition) is 0. The second kappa shape index (κ2) is 7.42. The van der Waals surface area contributed by atoms with Crippen molar-refractivity contribution in [2.24, 2.45) is 0 Å². The highest BCUT2D eigenvalue weighted by Crippen LogP contribution is 2.38. The van der Waals surface area contributed by atoms with Gasteiger partial charge in [-0.15, -0.1) is 23.5 Å². The number of hydrogen-bond acceptors (Lipinski definition) is 4. The maximum Gasteiger partial charge on any atom is 0.0717 e. The van der Waals surface area contributed by atoms with Crippen LogP contribution in [0.3, 0.4) is 0 Å². The highest BCUT2D eigenvalue weighted by Gasteiger charge is 2.10. The van der Waals surface area contributed by atoms with Gasteiger partial charge in [-0.2, -0.15) is 0 Å². The Hall–Kier alpha value is -1.46. The summed E-state index contributed by atoms with van der Waals surface area (Å²) in [6.45, 7) is 0. The molecule has 0 saturated heterocycles. The molecule has 2 nitrogen and oxygen atoms in total. The Bertz CT molecular complexity index is 984. The molecule has 0 saturated carbocycles. The fourth-order valence-electron chi connectivity index (χ4n) is 2.54. The third kappa shape index (κ3) is 3.44. The van der Waals surface area contributed by atoms with Crippen molar-refractivity contribution in [2.45, 2.75) is 9.79 Å². The van der Waals surface area contributed by atoms with Gasteiger partial charge in [0.2, 0.25) is 0 Å². The number of aromatic nitrogens is 2. The van der Waals surface area contributed by atoms with Crippen LogP contribution < -0.4 is 0 Å². The van der Waals surface area contributed by atoms with Crippen molar-refractivity contribution in [3.05, 3.63) is 71.0 Å². The van der Waals surface area contributed by atoms with Crippen LogP contribution in [-0.2, 0) is 0 Å². The molecule has 0 N–H and O–H groups in total. The average molecular weight is 403 g/mol. The van der Waals surface area contributed by atoms with Gasteiger partial charge in [-0.1, -0.05) is 59.6 Å². The molecule has 124 valence electrons. The molecule has 0 amide bonds. The molecular weight excluding hydrogens is 391 g/mol. The quantitative estimate of drug-likeness (QED) is 0.273. The van der Waals surface area contributed by atoms with Gasteiger partial charge in [-0.3, -0.25) is 9.97 Å². The van der Waals surface area contributed by atoms with Crippen LogP contribution >= 0.6 is 46.7 Å². The van der Waals surface area contributed by atoms with Gasteiger partial charge in [-0.05, 0) is 12.1 Å².